The summed E-state index contributed by atoms with van der Waals surface area (Å²) in [4.78, 5) is 15.5. The maximum absolute atomic E-state index is 11.1. The first-order valence-electron chi connectivity index (χ1n) is 5.60. The number of thiazole rings is 1. The average Bonchev–Trinajstić information content (AvgIpc) is 2.66. The molecule has 1 aromatic rings. The number of hydrogen-bond acceptors (Lipinski definition) is 4. The largest absolute Gasteiger partial charge is 0.481 e. The molecule has 0 spiro atoms. The van der Waals surface area contributed by atoms with Gasteiger partial charge in [-0.25, -0.2) is 4.98 Å². The maximum Gasteiger partial charge on any atom is 0.315 e. The zero-order valence-corrected chi connectivity index (χ0v) is 12.3. The molecular weight excluding hydrogens is 254 g/mol. The second-order valence-corrected chi connectivity index (χ2v) is 6.94. The van der Waals surface area contributed by atoms with Gasteiger partial charge in [-0.3, -0.25) is 4.79 Å². The molecule has 1 N–H and O–H groups in total. The van der Waals surface area contributed by atoms with Crippen molar-refractivity contribution in [2.75, 3.05) is 5.75 Å². The fourth-order valence-electron chi connectivity index (χ4n) is 1.16. The lowest BCUT2D eigenvalue weighted by Gasteiger charge is -2.15. The predicted octanol–water partition coefficient (Wildman–Crippen LogP) is 3.39. The number of hydrogen-bond donors (Lipinski definition) is 1. The van der Waals surface area contributed by atoms with Crippen LogP contribution in [0.4, 0.5) is 0 Å². The zero-order chi connectivity index (χ0) is 13.1. The Labute approximate surface area is 111 Å². The van der Waals surface area contributed by atoms with E-state index in [9.17, 15) is 4.79 Å². The second kappa shape index (κ2) is 5.87. The van der Waals surface area contributed by atoms with Gasteiger partial charge in [-0.15, -0.1) is 11.3 Å². The minimum absolute atomic E-state index is 0.662. The van der Waals surface area contributed by atoms with Crippen molar-refractivity contribution in [3.8, 4) is 0 Å². The molecule has 3 nitrogen and oxygen atoms in total. The quantitative estimate of drug-likeness (QED) is 0.863. The third kappa shape index (κ3) is 4.00. The number of aliphatic carboxylic acids is 1. The minimum Gasteiger partial charge on any atom is -0.481 e. The number of aromatic nitrogens is 1. The van der Waals surface area contributed by atoms with Crippen LogP contribution in [-0.4, -0.2) is 21.8 Å². The standard InChI is InChI=1S/C12H19NO2S2/c1-8(2)5-16-7-10-13-9(6-17-10)12(3,4)11(14)15/h6,8H,5,7H2,1-4H3,(H,14,15). The van der Waals surface area contributed by atoms with Crippen LogP contribution in [0.5, 0.6) is 0 Å². The fourth-order valence-corrected chi connectivity index (χ4v) is 3.25. The maximum atomic E-state index is 11.1. The number of carboxylic acid groups (broad SMARTS) is 1. The summed E-state index contributed by atoms with van der Waals surface area (Å²) in [6, 6.07) is 0. The molecule has 0 aromatic carbocycles. The molecule has 0 fully saturated rings. The van der Waals surface area contributed by atoms with E-state index >= 15 is 0 Å². The highest BCUT2D eigenvalue weighted by Gasteiger charge is 2.31. The van der Waals surface area contributed by atoms with Gasteiger partial charge in [0.05, 0.1) is 5.69 Å². The van der Waals surface area contributed by atoms with Crippen molar-refractivity contribution in [3.63, 3.8) is 0 Å². The van der Waals surface area contributed by atoms with E-state index in [0.29, 0.717) is 11.6 Å². The van der Waals surface area contributed by atoms with E-state index in [1.165, 1.54) is 0 Å². The summed E-state index contributed by atoms with van der Waals surface area (Å²) in [7, 11) is 0. The normalized spacial score (nSPS) is 12.1. The van der Waals surface area contributed by atoms with Gasteiger partial charge in [0.15, 0.2) is 0 Å². The van der Waals surface area contributed by atoms with Crippen molar-refractivity contribution < 1.29 is 9.90 Å². The average molecular weight is 273 g/mol. The van der Waals surface area contributed by atoms with E-state index in [4.69, 9.17) is 5.11 Å². The molecule has 0 radical (unpaired) electrons. The number of carboxylic acids is 1. The Morgan fingerprint density at radius 2 is 2.24 bits per heavy atom. The molecule has 0 saturated carbocycles. The van der Waals surface area contributed by atoms with Crippen LogP contribution in [0.2, 0.25) is 0 Å². The lowest BCUT2D eigenvalue weighted by molar-refractivity contribution is -0.142. The Bertz CT molecular complexity index is 386. The van der Waals surface area contributed by atoms with Gasteiger partial charge >= 0.3 is 5.97 Å². The molecule has 0 aliphatic rings. The molecule has 0 saturated heterocycles. The molecule has 0 bridgehead atoms. The molecule has 0 unspecified atom stereocenters. The van der Waals surface area contributed by atoms with E-state index in [0.717, 1.165) is 16.5 Å². The van der Waals surface area contributed by atoms with Crippen molar-refractivity contribution in [1.29, 1.82) is 0 Å². The SMILES string of the molecule is CC(C)CSCc1nc(C(C)(C)C(=O)O)cs1. The Balaban J connectivity index is 2.62. The number of carbonyl (C=O) groups is 1. The highest BCUT2D eigenvalue weighted by atomic mass is 32.2. The molecule has 0 aliphatic heterocycles. The molecule has 0 atom stereocenters. The minimum atomic E-state index is -0.891. The van der Waals surface area contributed by atoms with Crippen LogP contribution in [0.3, 0.4) is 0 Å². The third-order valence-corrected chi connectivity index (χ3v) is 4.81. The molecule has 0 amide bonds. The van der Waals surface area contributed by atoms with Gasteiger partial charge in [0.25, 0.3) is 0 Å². The smallest absolute Gasteiger partial charge is 0.315 e. The van der Waals surface area contributed by atoms with E-state index in [-0.39, 0.29) is 0 Å². The Morgan fingerprint density at radius 1 is 1.59 bits per heavy atom. The Morgan fingerprint density at radius 3 is 2.76 bits per heavy atom. The Kier molecular flexibility index (Phi) is 5.01. The van der Waals surface area contributed by atoms with Gasteiger partial charge in [-0.05, 0) is 25.5 Å². The fraction of sp³-hybridized carbons (Fsp3) is 0.667. The van der Waals surface area contributed by atoms with Crippen LogP contribution in [0.25, 0.3) is 0 Å². The van der Waals surface area contributed by atoms with Crippen LogP contribution in [0.15, 0.2) is 5.38 Å². The Hall–Kier alpha value is -0.550. The van der Waals surface area contributed by atoms with Gasteiger partial charge < -0.3 is 5.11 Å². The van der Waals surface area contributed by atoms with E-state index in [1.54, 1.807) is 25.2 Å². The molecule has 1 rings (SSSR count). The van der Waals surface area contributed by atoms with Crippen LogP contribution >= 0.6 is 23.1 Å². The topological polar surface area (TPSA) is 50.2 Å². The summed E-state index contributed by atoms with van der Waals surface area (Å²) >= 11 is 3.40. The van der Waals surface area contributed by atoms with Crippen molar-refractivity contribution in [3.05, 3.63) is 16.1 Å². The summed E-state index contributed by atoms with van der Waals surface area (Å²) in [5.74, 6) is 1.83. The van der Waals surface area contributed by atoms with Crippen LogP contribution < -0.4 is 0 Å². The van der Waals surface area contributed by atoms with Crippen molar-refractivity contribution in [1.82, 2.24) is 4.98 Å². The van der Waals surface area contributed by atoms with Gasteiger partial charge in [-0.1, -0.05) is 13.8 Å². The number of rotatable bonds is 6. The summed E-state index contributed by atoms with van der Waals surface area (Å²) < 4.78 is 0. The first kappa shape index (κ1) is 14.5. The van der Waals surface area contributed by atoms with Crippen molar-refractivity contribution in [2.45, 2.75) is 38.9 Å². The summed E-state index contributed by atoms with van der Waals surface area (Å²) in [5.41, 5.74) is -0.229. The lowest BCUT2D eigenvalue weighted by atomic mass is 9.90. The first-order valence-corrected chi connectivity index (χ1v) is 7.63. The second-order valence-electron chi connectivity index (χ2n) is 4.97. The molecule has 96 valence electrons. The van der Waals surface area contributed by atoms with Crippen LogP contribution in [0, 0.1) is 5.92 Å². The summed E-state index contributed by atoms with van der Waals surface area (Å²) in [6.07, 6.45) is 0. The molecule has 5 heteroatoms. The molecule has 17 heavy (non-hydrogen) atoms. The van der Waals surface area contributed by atoms with E-state index < -0.39 is 11.4 Å². The summed E-state index contributed by atoms with van der Waals surface area (Å²) in [5, 5.41) is 12.0. The molecular formula is C12H19NO2S2. The van der Waals surface area contributed by atoms with E-state index in [2.05, 4.69) is 18.8 Å². The van der Waals surface area contributed by atoms with Gasteiger partial charge in [0.1, 0.15) is 10.4 Å². The van der Waals surface area contributed by atoms with Gasteiger partial charge in [0, 0.05) is 11.1 Å². The monoisotopic (exact) mass is 273 g/mol. The van der Waals surface area contributed by atoms with Crippen LogP contribution in [0.1, 0.15) is 38.4 Å². The van der Waals surface area contributed by atoms with Crippen molar-refractivity contribution in [2.24, 2.45) is 5.92 Å². The van der Waals surface area contributed by atoms with E-state index in [1.807, 2.05) is 17.1 Å². The highest BCUT2D eigenvalue weighted by Crippen LogP contribution is 2.27. The number of nitrogens with zero attached hydrogens (tertiary/aromatic N) is 1. The lowest BCUT2D eigenvalue weighted by Crippen LogP contribution is -2.28. The third-order valence-electron chi connectivity index (χ3n) is 2.40. The first-order chi connectivity index (χ1) is 7.84. The number of thioether (sulfide) groups is 1. The zero-order valence-electron chi connectivity index (χ0n) is 10.7. The van der Waals surface area contributed by atoms with Gasteiger partial charge in [-0.2, -0.15) is 11.8 Å². The molecule has 1 heterocycles. The molecule has 0 aliphatic carbocycles. The highest BCUT2D eigenvalue weighted by molar-refractivity contribution is 7.98. The van der Waals surface area contributed by atoms with Crippen molar-refractivity contribution >= 4 is 29.1 Å². The summed E-state index contributed by atoms with van der Waals surface area (Å²) in [6.45, 7) is 7.76. The van der Waals surface area contributed by atoms with Gasteiger partial charge in [0.2, 0.25) is 0 Å². The van der Waals surface area contributed by atoms with Crippen LogP contribution in [-0.2, 0) is 16.0 Å². The predicted molar refractivity (Wildman–Crippen MR) is 73.8 cm³/mol. The molecule has 1 aromatic heterocycles.